The van der Waals surface area contributed by atoms with Gasteiger partial charge in [-0.1, -0.05) is 27.2 Å². The molecule has 3 unspecified atom stereocenters. The van der Waals surface area contributed by atoms with Crippen LogP contribution in [0.1, 0.15) is 60.3 Å². The highest BCUT2D eigenvalue weighted by Gasteiger charge is 2.49. The van der Waals surface area contributed by atoms with Crippen LogP contribution in [0.15, 0.2) is 0 Å². The number of rotatable bonds is 5. The van der Waals surface area contributed by atoms with Crippen molar-refractivity contribution in [1.82, 2.24) is 10.2 Å². The van der Waals surface area contributed by atoms with Gasteiger partial charge in [-0.2, -0.15) is 0 Å². The van der Waals surface area contributed by atoms with Gasteiger partial charge >= 0.3 is 0 Å². The van der Waals surface area contributed by atoms with Crippen molar-refractivity contribution in [2.75, 3.05) is 0 Å². The molecular weight excluding hydrogens is 228 g/mol. The Kier molecular flexibility index (Phi) is 4.77. The van der Waals surface area contributed by atoms with Crippen LogP contribution in [0.2, 0.25) is 0 Å². The molecule has 0 saturated carbocycles. The first-order chi connectivity index (χ1) is 8.42. The summed E-state index contributed by atoms with van der Waals surface area (Å²) in [6.45, 7) is 9.91. The van der Waals surface area contributed by atoms with Crippen molar-refractivity contribution < 1.29 is 9.59 Å². The minimum absolute atomic E-state index is 0.0144. The topological polar surface area (TPSA) is 49.4 Å². The number of hydrogen-bond acceptors (Lipinski definition) is 2. The van der Waals surface area contributed by atoms with Gasteiger partial charge < -0.3 is 10.2 Å². The molecule has 0 aromatic heterocycles. The molecule has 1 aliphatic heterocycles. The minimum Gasteiger partial charge on any atom is -0.342 e. The van der Waals surface area contributed by atoms with Crippen molar-refractivity contribution in [2.24, 2.45) is 0 Å². The van der Waals surface area contributed by atoms with Crippen molar-refractivity contribution in [1.29, 1.82) is 0 Å². The van der Waals surface area contributed by atoms with Crippen molar-refractivity contribution in [3.8, 4) is 0 Å². The lowest BCUT2D eigenvalue weighted by molar-refractivity contribution is -0.160. The number of nitrogens with zero attached hydrogens (tertiary/aromatic N) is 1. The van der Waals surface area contributed by atoms with Crippen LogP contribution in [0.5, 0.6) is 0 Å². The minimum atomic E-state index is -0.697. The van der Waals surface area contributed by atoms with Crippen molar-refractivity contribution in [3.05, 3.63) is 0 Å². The molecule has 1 saturated heterocycles. The summed E-state index contributed by atoms with van der Waals surface area (Å²) in [5, 5.41) is 2.85. The first-order valence-electron chi connectivity index (χ1n) is 7.06. The van der Waals surface area contributed by atoms with E-state index in [1.165, 1.54) is 0 Å². The van der Waals surface area contributed by atoms with Crippen LogP contribution in [0.25, 0.3) is 0 Å². The van der Waals surface area contributed by atoms with Gasteiger partial charge in [0.2, 0.25) is 11.8 Å². The summed E-state index contributed by atoms with van der Waals surface area (Å²) in [6.07, 6.45) is 3.25. The quantitative estimate of drug-likeness (QED) is 0.816. The molecule has 0 bridgehead atoms. The average molecular weight is 254 g/mol. The molecule has 0 radical (unpaired) electrons. The van der Waals surface area contributed by atoms with E-state index in [0.29, 0.717) is 12.8 Å². The number of nitrogens with one attached hydrogen (secondary N) is 1. The van der Waals surface area contributed by atoms with E-state index < -0.39 is 5.54 Å². The first-order valence-corrected chi connectivity index (χ1v) is 7.06. The zero-order valence-electron chi connectivity index (χ0n) is 12.2. The van der Waals surface area contributed by atoms with Crippen LogP contribution in [0, 0.1) is 0 Å². The second-order valence-electron chi connectivity index (χ2n) is 5.41. The lowest BCUT2D eigenvalue weighted by Gasteiger charge is -2.48. The summed E-state index contributed by atoms with van der Waals surface area (Å²) in [5.41, 5.74) is -0.697. The summed E-state index contributed by atoms with van der Waals surface area (Å²) >= 11 is 0. The Labute approximate surface area is 110 Å². The zero-order valence-corrected chi connectivity index (χ0v) is 12.2. The van der Waals surface area contributed by atoms with E-state index in [0.717, 1.165) is 12.8 Å². The van der Waals surface area contributed by atoms with Crippen molar-refractivity contribution in [2.45, 2.75) is 77.9 Å². The predicted octanol–water partition coefficient (Wildman–Crippen LogP) is 2.08. The number of hydrogen-bond donors (Lipinski definition) is 1. The third kappa shape index (κ3) is 2.38. The molecule has 1 aliphatic rings. The highest BCUT2D eigenvalue weighted by molar-refractivity contribution is 5.99. The lowest BCUT2D eigenvalue weighted by Crippen LogP contribution is -2.71. The SMILES string of the molecule is CCCC(C)N1C(=O)C(CC)NC(=O)C1(C)CC. The molecule has 0 aromatic carbocycles. The second kappa shape index (κ2) is 5.72. The second-order valence-corrected chi connectivity index (χ2v) is 5.41. The fourth-order valence-electron chi connectivity index (χ4n) is 2.75. The molecule has 2 amide bonds. The van der Waals surface area contributed by atoms with E-state index in [1.54, 1.807) is 0 Å². The van der Waals surface area contributed by atoms with E-state index in [-0.39, 0.29) is 23.9 Å². The summed E-state index contributed by atoms with van der Waals surface area (Å²) in [7, 11) is 0. The molecule has 4 nitrogen and oxygen atoms in total. The fourth-order valence-corrected chi connectivity index (χ4v) is 2.75. The zero-order chi connectivity index (χ0) is 13.9. The van der Waals surface area contributed by atoms with Crippen molar-refractivity contribution >= 4 is 11.8 Å². The van der Waals surface area contributed by atoms with Gasteiger partial charge in [0, 0.05) is 6.04 Å². The maximum Gasteiger partial charge on any atom is 0.246 e. The van der Waals surface area contributed by atoms with Crippen LogP contribution in [0.4, 0.5) is 0 Å². The smallest absolute Gasteiger partial charge is 0.246 e. The third-order valence-electron chi connectivity index (χ3n) is 4.11. The Morgan fingerprint density at radius 3 is 2.39 bits per heavy atom. The summed E-state index contributed by atoms with van der Waals surface area (Å²) in [5.74, 6) is 0.0572. The maximum absolute atomic E-state index is 12.5. The molecule has 0 aromatic rings. The molecule has 18 heavy (non-hydrogen) atoms. The molecule has 1 N–H and O–H groups in total. The third-order valence-corrected chi connectivity index (χ3v) is 4.11. The Morgan fingerprint density at radius 1 is 1.33 bits per heavy atom. The van der Waals surface area contributed by atoms with Gasteiger partial charge in [0.15, 0.2) is 0 Å². The molecule has 3 atom stereocenters. The average Bonchev–Trinajstić information content (AvgIpc) is 2.34. The van der Waals surface area contributed by atoms with Crippen LogP contribution in [0.3, 0.4) is 0 Å². The van der Waals surface area contributed by atoms with Crippen LogP contribution >= 0.6 is 0 Å². The number of amides is 2. The number of piperazine rings is 1. The molecule has 104 valence electrons. The van der Waals surface area contributed by atoms with Gasteiger partial charge in [0.05, 0.1) is 0 Å². The van der Waals surface area contributed by atoms with Crippen molar-refractivity contribution in [3.63, 3.8) is 0 Å². The first kappa shape index (κ1) is 15.0. The van der Waals surface area contributed by atoms with Gasteiger partial charge in [-0.25, -0.2) is 0 Å². The summed E-state index contributed by atoms with van der Waals surface area (Å²) in [6, 6.07) is -0.232. The highest BCUT2D eigenvalue weighted by Crippen LogP contribution is 2.29. The van der Waals surface area contributed by atoms with Gasteiger partial charge in [0.25, 0.3) is 0 Å². The molecule has 0 spiro atoms. The van der Waals surface area contributed by atoms with Gasteiger partial charge in [-0.05, 0) is 33.1 Å². The number of carbonyl (C=O) groups excluding carboxylic acids is 2. The molecule has 0 aliphatic carbocycles. The monoisotopic (exact) mass is 254 g/mol. The standard InChI is InChI=1S/C14H26N2O2/c1-6-9-10(4)16-12(17)11(7-2)15-13(18)14(16,5)8-3/h10-11H,6-9H2,1-5H3,(H,15,18). The van der Waals surface area contributed by atoms with E-state index in [9.17, 15) is 9.59 Å². The van der Waals surface area contributed by atoms with Crippen LogP contribution < -0.4 is 5.32 Å². The van der Waals surface area contributed by atoms with E-state index in [1.807, 2.05) is 32.6 Å². The molecule has 4 heteroatoms. The maximum atomic E-state index is 12.5. The van der Waals surface area contributed by atoms with Crippen LogP contribution in [-0.2, 0) is 9.59 Å². The lowest BCUT2D eigenvalue weighted by atomic mass is 9.87. The largest absolute Gasteiger partial charge is 0.342 e. The van der Waals surface area contributed by atoms with Gasteiger partial charge in [-0.3, -0.25) is 9.59 Å². The molecule has 1 rings (SSSR count). The summed E-state index contributed by atoms with van der Waals surface area (Å²) in [4.78, 5) is 26.6. The molecule has 1 fully saturated rings. The normalized spacial score (nSPS) is 30.3. The Morgan fingerprint density at radius 2 is 1.94 bits per heavy atom. The molecule has 1 heterocycles. The predicted molar refractivity (Wildman–Crippen MR) is 72.1 cm³/mol. The number of carbonyl (C=O) groups is 2. The van der Waals surface area contributed by atoms with Gasteiger partial charge in [0.1, 0.15) is 11.6 Å². The Hall–Kier alpha value is -1.06. The summed E-state index contributed by atoms with van der Waals surface area (Å²) < 4.78 is 0. The fraction of sp³-hybridized carbons (Fsp3) is 0.857. The molecular formula is C14H26N2O2. The van der Waals surface area contributed by atoms with E-state index in [4.69, 9.17) is 0 Å². The van der Waals surface area contributed by atoms with E-state index >= 15 is 0 Å². The van der Waals surface area contributed by atoms with E-state index in [2.05, 4.69) is 12.2 Å². The van der Waals surface area contributed by atoms with Gasteiger partial charge in [-0.15, -0.1) is 0 Å². The Balaban J connectivity index is 3.09. The Bertz CT molecular complexity index is 330. The van der Waals surface area contributed by atoms with Crippen LogP contribution in [-0.4, -0.2) is 34.3 Å². The highest BCUT2D eigenvalue weighted by atomic mass is 16.2.